The second-order valence-electron chi connectivity index (χ2n) is 7.62. The van der Waals surface area contributed by atoms with E-state index >= 15 is 0 Å². The van der Waals surface area contributed by atoms with E-state index in [0.717, 1.165) is 21.0 Å². The summed E-state index contributed by atoms with van der Waals surface area (Å²) < 4.78 is 32.3. The normalized spacial score (nSPS) is 11.4. The number of carbonyl (C=O) groups is 2. The van der Waals surface area contributed by atoms with Crippen molar-refractivity contribution in [2.24, 2.45) is 0 Å². The van der Waals surface area contributed by atoms with Crippen LogP contribution in [0.1, 0.15) is 32.6 Å². The summed E-state index contributed by atoms with van der Waals surface area (Å²) in [4.78, 5) is 23.9. The first-order valence-electron chi connectivity index (χ1n) is 10.2. The van der Waals surface area contributed by atoms with Gasteiger partial charge in [0.2, 0.25) is 10.0 Å². The predicted molar refractivity (Wildman–Crippen MR) is 123 cm³/mol. The van der Waals surface area contributed by atoms with Gasteiger partial charge in [0.25, 0.3) is 0 Å². The Morgan fingerprint density at radius 1 is 0.939 bits per heavy atom. The van der Waals surface area contributed by atoms with Crippen molar-refractivity contribution in [2.75, 3.05) is 13.7 Å². The number of carboxylic acids is 1. The van der Waals surface area contributed by atoms with Crippen LogP contribution in [0.5, 0.6) is 0 Å². The van der Waals surface area contributed by atoms with Crippen LogP contribution in [-0.2, 0) is 32.5 Å². The molecule has 33 heavy (non-hydrogen) atoms. The molecule has 3 aromatic rings. The van der Waals surface area contributed by atoms with Gasteiger partial charge >= 0.3 is 11.9 Å². The number of benzene rings is 3. The highest BCUT2D eigenvalue weighted by Gasteiger charge is 2.28. The SMILES string of the molecule is COC(=O)CN(Cc1cc(Cc2ccccc2)ccc1C(=O)O)S(=O)(=O)c1ccc(C)cc1. The van der Waals surface area contributed by atoms with Gasteiger partial charge in [0.15, 0.2) is 0 Å². The van der Waals surface area contributed by atoms with Gasteiger partial charge in [-0.25, -0.2) is 13.2 Å². The second kappa shape index (κ2) is 10.4. The fraction of sp³-hybridized carbons (Fsp3) is 0.200. The topological polar surface area (TPSA) is 101 Å². The highest BCUT2D eigenvalue weighted by molar-refractivity contribution is 7.89. The number of carbonyl (C=O) groups excluding carboxylic acids is 1. The maximum Gasteiger partial charge on any atom is 0.336 e. The number of hydrogen-bond donors (Lipinski definition) is 1. The Morgan fingerprint density at radius 2 is 1.61 bits per heavy atom. The number of esters is 1. The average Bonchev–Trinajstić information content (AvgIpc) is 2.79. The Labute approximate surface area is 193 Å². The highest BCUT2D eigenvalue weighted by atomic mass is 32.2. The van der Waals surface area contributed by atoms with E-state index < -0.39 is 28.5 Å². The Morgan fingerprint density at radius 3 is 2.21 bits per heavy atom. The first-order chi connectivity index (χ1) is 15.7. The minimum Gasteiger partial charge on any atom is -0.478 e. The number of nitrogens with zero attached hydrogens (tertiary/aromatic N) is 1. The molecule has 7 nitrogen and oxygen atoms in total. The van der Waals surface area contributed by atoms with Gasteiger partial charge in [0.1, 0.15) is 6.54 Å². The van der Waals surface area contributed by atoms with Crippen molar-refractivity contribution in [2.45, 2.75) is 24.8 Å². The number of hydrogen-bond acceptors (Lipinski definition) is 5. The average molecular weight is 468 g/mol. The summed E-state index contributed by atoms with van der Waals surface area (Å²) >= 11 is 0. The Balaban J connectivity index is 2.01. The molecule has 0 saturated heterocycles. The van der Waals surface area contributed by atoms with E-state index in [0.29, 0.717) is 6.42 Å². The molecule has 0 spiro atoms. The lowest BCUT2D eigenvalue weighted by Gasteiger charge is -2.22. The maximum absolute atomic E-state index is 13.3. The van der Waals surface area contributed by atoms with Crippen molar-refractivity contribution in [1.82, 2.24) is 4.31 Å². The summed E-state index contributed by atoms with van der Waals surface area (Å²) in [7, 11) is -2.93. The van der Waals surface area contributed by atoms with E-state index in [9.17, 15) is 23.1 Å². The van der Waals surface area contributed by atoms with Crippen LogP contribution in [0.4, 0.5) is 0 Å². The summed E-state index contributed by atoms with van der Waals surface area (Å²) in [5, 5.41) is 9.68. The standard InChI is InChI=1S/C25H25NO6S/c1-18-8-11-22(12-9-18)33(30,31)26(17-24(27)32-2)16-21-15-20(10-13-23(21)25(28)29)14-19-6-4-3-5-7-19/h3-13,15H,14,16-17H2,1-2H3,(H,28,29). The van der Waals surface area contributed by atoms with Crippen molar-refractivity contribution in [3.8, 4) is 0 Å². The molecule has 0 amide bonds. The third-order valence-electron chi connectivity index (χ3n) is 5.19. The zero-order valence-electron chi connectivity index (χ0n) is 18.4. The summed E-state index contributed by atoms with van der Waals surface area (Å²) in [5.41, 5.74) is 3.00. The van der Waals surface area contributed by atoms with Crippen LogP contribution in [-0.4, -0.2) is 43.4 Å². The van der Waals surface area contributed by atoms with E-state index in [2.05, 4.69) is 4.74 Å². The van der Waals surface area contributed by atoms with Crippen LogP contribution in [0.15, 0.2) is 77.7 Å². The maximum atomic E-state index is 13.3. The van der Waals surface area contributed by atoms with Crippen LogP contribution in [0.3, 0.4) is 0 Å². The van der Waals surface area contributed by atoms with Crippen LogP contribution in [0.25, 0.3) is 0 Å². The monoisotopic (exact) mass is 467 g/mol. The molecule has 3 rings (SSSR count). The number of aromatic carboxylic acids is 1. The quantitative estimate of drug-likeness (QED) is 0.482. The first kappa shape index (κ1) is 24.2. The molecule has 0 saturated carbocycles. The Kier molecular flexibility index (Phi) is 7.63. The molecular weight excluding hydrogens is 442 g/mol. The Bertz CT molecular complexity index is 1240. The van der Waals surface area contributed by atoms with Crippen LogP contribution in [0, 0.1) is 6.92 Å². The van der Waals surface area contributed by atoms with Crippen molar-refractivity contribution in [1.29, 1.82) is 0 Å². The lowest BCUT2D eigenvalue weighted by molar-refractivity contribution is -0.140. The van der Waals surface area contributed by atoms with Gasteiger partial charge in [-0.1, -0.05) is 60.2 Å². The predicted octanol–water partition coefficient (Wildman–Crippen LogP) is 3.65. The van der Waals surface area contributed by atoms with E-state index in [-0.39, 0.29) is 22.6 Å². The van der Waals surface area contributed by atoms with E-state index in [1.807, 2.05) is 37.3 Å². The third kappa shape index (κ3) is 6.06. The third-order valence-corrected chi connectivity index (χ3v) is 7.00. The molecule has 3 aromatic carbocycles. The fourth-order valence-corrected chi connectivity index (χ4v) is 4.77. The fourth-order valence-electron chi connectivity index (χ4n) is 3.41. The number of ether oxygens (including phenoxy) is 1. The van der Waals surface area contributed by atoms with Gasteiger partial charge in [-0.15, -0.1) is 0 Å². The van der Waals surface area contributed by atoms with Gasteiger partial charge in [0.05, 0.1) is 17.6 Å². The van der Waals surface area contributed by atoms with Gasteiger partial charge in [-0.3, -0.25) is 4.79 Å². The molecule has 0 aliphatic heterocycles. The van der Waals surface area contributed by atoms with Gasteiger partial charge in [-0.05, 0) is 48.2 Å². The van der Waals surface area contributed by atoms with Crippen molar-refractivity contribution in [3.63, 3.8) is 0 Å². The zero-order valence-corrected chi connectivity index (χ0v) is 19.2. The molecule has 1 N–H and O–H groups in total. The highest BCUT2D eigenvalue weighted by Crippen LogP contribution is 2.23. The molecule has 0 heterocycles. The molecule has 172 valence electrons. The molecule has 0 fully saturated rings. The molecular formula is C25H25NO6S. The lowest BCUT2D eigenvalue weighted by atomic mass is 9.99. The minimum atomic E-state index is -4.10. The second-order valence-corrected chi connectivity index (χ2v) is 9.56. The van der Waals surface area contributed by atoms with Gasteiger partial charge in [-0.2, -0.15) is 4.31 Å². The molecule has 0 atom stereocenters. The molecule has 0 bridgehead atoms. The van der Waals surface area contributed by atoms with E-state index in [4.69, 9.17) is 0 Å². The summed E-state index contributed by atoms with van der Waals surface area (Å²) in [6, 6.07) is 20.7. The lowest BCUT2D eigenvalue weighted by Crippen LogP contribution is -2.36. The smallest absolute Gasteiger partial charge is 0.336 e. The van der Waals surface area contributed by atoms with Gasteiger partial charge in [0, 0.05) is 6.54 Å². The summed E-state index contributed by atoms with van der Waals surface area (Å²) in [6.45, 7) is 0.990. The number of methoxy groups -OCH3 is 1. The molecule has 0 aliphatic rings. The van der Waals surface area contributed by atoms with Crippen LogP contribution in [0.2, 0.25) is 0 Å². The largest absolute Gasteiger partial charge is 0.478 e. The molecule has 8 heteroatoms. The summed E-state index contributed by atoms with van der Waals surface area (Å²) in [6.07, 6.45) is 0.551. The number of carboxylic acid groups (broad SMARTS) is 1. The molecule has 0 aliphatic carbocycles. The zero-order chi connectivity index (χ0) is 24.0. The van der Waals surface area contributed by atoms with Crippen LogP contribution >= 0.6 is 0 Å². The van der Waals surface area contributed by atoms with Crippen LogP contribution < -0.4 is 0 Å². The van der Waals surface area contributed by atoms with Crippen molar-refractivity contribution in [3.05, 3.63) is 101 Å². The summed E-state index contributed by atoms with van der Waals surface area (Å²) in [5.74, 6) is -1.93. The first-order valence-corrected chi connectivity index (χ1v) is 11.7. The Hall–Kier alpha value is -3.49. The van der Waals surface area contributed by atoms with Crippen molar-refractivity contribution < 1.29 is 27.9 Å². The van der Waals surface area contributed by atoms with E-state index in [1.54, 1.807) is 24.3 Å². The molecule has 0 radical (unpaired) electrons. The van der Waals surface area contributed by atoms with Crippen molar-refractivity contribution >= 4 is 22.0 Å². The number of rotatable bonds is 9. The number of aryl methyl sites for hydroxylation is 1. The number of sulfonamides is 1. The minimum absolute atomic E-state index is 0.00863. The molecule has 0 unspecified atom stereocenters. The van der Waals surface area contributed by atoms with Gasteiger partial charge < -0.3 is 9.84 Å². The molecule has 0 aromatic heterocycles. The van der Waals surface area contributed by atoms with E-state index in [1.165, 1.54) is 25.3 Å².